The molecule has 0 amide bonds. The molecule has 1 aromatic carbocycles. The van der Waals surface area contributed by atoms with Crippen LogP contribution in [0.1, 0.15) is 0 Å². The lowest BCUT2D eigenvalue weighted by Crippen LogP contribution is -1.98. The first kappa shape index (κ1) is 14.1. The lowest BCUT2D eigenvalue weighted by atomic mass is 10.0. The highest BCUT2D eigenvalue weighted by Gasteiger charge is 2.19. The predicted octanol–water partition coefficient (Wildman–Crippen LogP) is 4.15. The number of nitrogens with zero attached hydrogens (tertiary/aromatic N) is 3. The van der Waals surface area contributed by atoms with E-state index in [9.17, 15) is 0 Å². The fraction of sp³-hybridized carbons (Fsp3) is 0.0667. The van der Waals surface area contributed by atoms with Gasteiger partial charge in [0.15, 0.2) is 0 Å². The summed E-state index contributed by atoms with van der Waals surface area (Å²) in [7, 11) is 1.82. The Kier molecular flexibility index (Phi) is 3.69. The van der Waals surface area contributed by atoms with Gasteiger partial charge >= 0.3 is 0 Å². The third kappa shape index (κ3) is 2.54. The van der Waals surface area contributed by atoms with Crippen LogP contribution < -0.4 is 5.73 Å². The fourth-order valence-electron chi connectivity index (χ4n) is 2.20. The van der Waals surface area contributed by atoms with Crippen molar-refractivity contribution >= 4 is 33.3 Å². The second-order valence-corrected chi connectivity index (χ2v) is 5.89. The third-order valence-corrected chi connectivity index (χ3v) is 4.12. The first-order chi connectivity index (χ1) is 10.1. The van der Waals surface area contributed by atoms with Crippen LogP contribution in [0.25, 0.3) is 22.4 Å². The number of halogens is 2. The summed E-state index contributed by atoms with van der Waals surface area (Å²) >= 11 is 9.54. The minimum atomic E-state index is 0.597. The van der Waals surface area contributed by atoms with Gasteiger partial charge in [0.2, 0.25) is 0 Å². The van der Waals surface area contributed by atoms with E-state index in [0.29, 0.717) is 10.8 Å². The predicted molar refractivity (Wildman–Crippen MR) is 89.0 cm³/mol. The monoisotopic (exact) mass is 362 g/mol. The Balaban J connectivity index is 2.27. The zero-order valence-corrected chi connectivity index (χ0v) is 13.6. The summed E-state index contributed by atoms with van der Waals surface area (Å²) in [5, 5.41) is 5.20. The number of anilines is 1. The molecule has 0 atom stereocenters. The molecule has 0 unspecified atom stereocenters. The molecule has 0 saturated heterocycles. The molecule has 2 N–H and O–H groups in total. The van der Waals surface area contributed by atoms with Crippen LogP contribution >= 0.6 is 27.5 Å². The summed E-state index contributed by atoms with van der Waals surface area (Å²) < 4.78 is 2.54. The van der Waals surface area contributed by atoms with E-state index in [4.69, 9.17) is 17.3 Å². The smallest absolute Gasteiger partial charge is 0.129 e. The molecular formula is C15H12BrClN4. The van der Waals surface area contributed by atoms with Crippen molar-refractivity contribution < 1.29 is 0 Å². The second kappa shape index (κ2) is 5.50. The molecule has 4 nitrogen and oxygen atoms in total. The van der Waals surface area contributed by atoms with Crippen molar-refractivity contribution in [3.05, 3.63) is 52.2 Å². The molecule has 106 valence electrons. The van der Waals surface area contributed by atoms with E-state index in [-0.39, 0.29) is 0 Å². The van der Waals surface area contributed by atoms with E-state index in [1.165, 1.54) is 0 Å². The number of hydrogen-bond acceptors (Lipinski definition) is 3. The number of pyridine rings is 1. The van der Waals surface area contributed by atoms with E-state index in [1.807, 2.05) is 37.4 Å². The summed E-state index contributed by atoms with van der Waals surface area (Å²) in [6.45, 7) is 0. The van der Waals surface area contributed by atoms with Crippen molar-refractivity contribution in [3.63, 3.8) is 0 Å². The summed E-state index contributed by atoms with van der Waals surface area (Å²) in [6, 6.07) is 9.44. The van der Waals surface area contributed by atoms with Crippen LogP contribution in [-0.4, -0.2) is 14.8 Å². The van der Waals surface area contributed by atoms with Crippen LogP contribution in [0.5, 0.6) is 0 Å². The Morgan fingerprint density at radius 1 is 1.29 bits per heavy atom. The molecule has 2 aromatic heterocycles. The molecule has 0 aliphatic carbocycles. The van der Waals surface area contributed by atoms with Gasteiger partial charge < -0.3 is 5.73 Å². The molecule has 2 heterocycles. The van der Waals surface area contributed by atoms with Crippen LogP contribution in [0.15, 0.2) is 47.2 Å². The van der Waals surface area contributed by atoms with Crippen molar-refractivity contribution in [1.29, 1.82) is 0 Å². The second-order valence-electron chi connectivity index (χ2n) is 4.60. The molecule has 6 heteroatoms. The van der Waals surface area contributed by atoms with Gasteiger partial charge in [-0.25, -0.2) is 0 Å². The number of hydrogen-bond donors (Lipinski definition) is 1. The van der Waals surface area contributed by atoms with E-state index in [0.717, 1.165) is 26.9 Å². The zero-order valence-electron chi connectivity index (χ0n) is 11.2. The lowest BCUT2D eigenvalue weighted by molar-refractivity contribution is 0.782. The van der Waals surface area contributed by atoms with Crippen LogP contribution in [-0.2, 0) is 7.05 Å². The standard InChI is InChI=1S/C15H12BrClN4/c1-21-15(18)13(9-3-2-6-19-8-9)14(20-21)11-5-4-10(17)7-12(11)16/h2-8H,18H2,1H3. The average molecular weight is 364 g/mol. The van der Waals surface area contributed by atoms with Crippen LogP contribution in [0.3, 0.4) is 0 Å². The van der Waals surface area contributed by atoms with Crippen LogP contribution in [0.2, 0.25) is 5.02 Å². The Labute approximate surface area is 135 Å². The van der Waals surface area contributed by atoms with Crippen molar-refractivity contribution in [2.45, 2.75) is 0 Å². The molecular weight excluding hydrogens is 352 g/mol. The Morgan fingerprint density at radius 2 is 2.10 bits per heavy atom. The van der Waals surface area contributed by atoms with E-state index in [1.54, 1.807) is 17.1 Å². The minimum absolute atomic E-state index is 0.597. The van der Waals surface area contributed by atoms with Crippen LogP contribution in [0, 0.1) is 0 Å². The van der Waals surface area contributed by atoms with Crippen molar-refractivity contribution in [1.82, 2.24) is 14.8 Å². The van der Waals surface area contributed by atoms with Gasteiger partial charge in [-0.05, 0) is 18.2 Å². The normalized spacial score (nSPS) is 10.8. The number of aryl methyl sites for hydroxylation is 1. The number of nitrogens with two attached hydrogens (primary N) is 1. The maximum atomic E-state index is 6.18. The van der Waals surface area contributed by atoms with Gasteiger partial charge in [-0.1, -0.05) is 39.7 Å². The Bertz CT molecular complexity index is 799. The Morgan fingerprint density at radius 3 is 2.76 bits per heavy atom. The minimum Gasteiger partial charge on any atom is -0.383 e. The van der Waals surface area contributed by atoms with Gasteiger partial charge in [-0.3, -0.25) is 9.67 Å². The summed E-state index contributed by atoms with van der Waals surface area (Å²) in [6.07, 6.45) is 3.51. The van der Waals surface area contributed by atoms with Gasteiger partial charge in [0.1, 0.15) is 11.5 Å². The SMILES string of the molecule is Cn1nc(-c2ccc(Cl)cc2Br)c(-c2cccnc2)c1N. The quantitative estimate of drug-likeness (QED) is 0.744. The number of aromatic nitrogens is 3. The first-order valence-corrected chi connectivity index (χ1v) is 7.43. The summed E-state index contributed by atoms with van der Waals surface area (Å²) in [4.78, 5) is 4.16. The molecule has 0 saturated carbocycles. The zero-order chi connectivity index (χ0) is 15.0. The van der Waals surface area contributed by atoms with Gasteiger partial charge in [0.25, 0.3) is 0 Å². The van der Waals surface area contributed by atoms with Crippen molar-refractivity contribution in [2.75, 3.05) is 5.73 Å². The number of rotatable bonds is 2. The molecule has 21 heavy (non-hydrogen) atoms. The maximum absolute atomic E-state index is 6.18. The molecule has 0 spiro atoms. The van der Waals surface area contributed by atoms with E-state index < -0.39 is 0 Å². The maximum Gasteiger partial charge on any atom is 0.129 e. The van der Waals surface area contributed by atoms with Gasteiger partial charge in [0, 0.05) is 40.1 Å². The lowest BCUT2D eigenvalue weighted by Gasteiger charge is -2.06. The van der Waals surface area contributed by atoms with Crippen molar-refractivity contribution in [2.24, 2.45) is 7.05 Å². The molecule has 0 radical (unpaired) electrons. The third-order valence-electron chi connectivity index (χ3n) is 3.23. The number of benzene rings is 1. The summed E-state index contributed by atoms with van der Waals surface area (Å²) in [5.74, 6) is 0.597. The van der Waals surface area contributed by atoms with Crippen LogP contribution in [0.4, 0.5) is 5.82 Å². The van der Waals surface area contributed by atoms with E-state index >= 15 is 0 Å². The largest absolute Gasteiger partial charge is 0.383 e. The molecule has 0 aliphatic heterocycles. The highest BCUT2D eigenvalue weighted by molar-refractivity contribution is 9.10. The highest BCUT2D eigenvalue weighted by atomic mass is 79.9. The van der Waals surface area contributed by atoms with E-state index in [2.05, 4.69) is 26.0 Å². The topological polar surface area (TPSA) is 56.7 Å². The molecule has 0 fully saturated rings. The van der Waals surface area contributed by atoms with Crippen molar-refractivity contribution in [3.8, 4) is 22.4 Å². The molecule has 3 aromatic rings. The molecule has 0 bridgehead atoms. The van der Waals surface area contributed by atoms with Gasteiger partial charge in [-0.15, -0.1) is 0 Å². The Hall–Kier alpha value is -1.85. The highest BCUT2D eigenvalue weighted by Crippen LogP contribution is 2.39. The summed E-state index contributed by atoms with van der Waals surface area (Å²) in [5.41, 5.74) is 9.72. The van der Waals surface area contributed by atoms with Gasteiger partial charge in [0.05, 0.1) is 5.56 Å². The number of nitrogen functional groups attached to an aromatic ring is 1. The fourth-order valence-corrected chi connectivity index (χ4v) is 3.07. The average Bonchev–Trinajstić information content (AvgIpc) is 2.75. The van der Waals surface area contributed by atoms with Gasteiger partial charge in [-0.2, -0.15) is 5.10 Å². The molecule has 3 rings (SSSR count). The first-order valence-electron chi connectivity index (χ1n) is 6.26. The molecule has 0 aliphatic rings.